The summed E-state index contributed by atoms with van der Waals surface area (Å²) in [5.74, 6) is -0.933. The van der Waals surface area contributed by atoms with Crippen LogP contribution >= 0.6 is 0 Å². The predicted molar refractivity (Wildman–Crippen MR) is 97.4 cm³/mol. The Morgan fingerprint density at radius 3 is 1.71 bits per heavy atom. The molecule has 0 heterocycles. The highest BCUT2D eigenvalue weighted by Crippen LogP contribution is 2.18. The van der Waals surface area contributed by atoms with Gasteiger partial charge in [-0.1, -0.05) is 67.1 Å². The van der Waals surface area contributed by atoms with Crippen molar-refractivity contribution in [2.24, 2.45) is 17.2 Å². The Labute approximate surface area is 143 Å². The van der Waals surface area contributed by atoms with E-state index < -0.39 is 12.0 Å². The second-order valence-electron chi connectivity index (χ2n) is 5.53. The van der Waals surface area contributed by atoms with Crippen LogP contribution in [0.15, 0.2) is 60.7 Å². The van der Waals surface area contributed by atoms with E-state index in [9.17, 15) is 4.79 Å². The summed E-state index contributed by atoms with van der Waals surface area (Å²) in [6.45, 7) is 0.604. The topological polar surface area (TPSA) is 115 Å². The maximum atomic E-state index is 10.1. The quantitative estimate of drug-likeness (QED) is 0.582. The molecule has 0 fully saturated rings. The minimum absolute atomic E-state index is 0.0163. The molecule has 0 saturated carbocycles. The Balaban J connectivity index is 0.000000257. The van der Waals surface area contributed by atoms with Gasteiger partial charge in [0.05, 0.1) is 6.04 Å². The summed E-state index contributed by atoms with van der Waals surface area (Å²) in [6, 6.07) is 19.5. The molecule has 0 saturated heterocycles. The molecule has 24 heavy (non-hydrogen) atoms. The van der Waals surface area contributed by atoms with Crippen LogP contribution in [0.5, 0.6) is 0 Å². The Morgan fingerprint density at radius 1 is 0.875 bits per heavy atom. The van der Waals surface area contributed by atoms with Gasteiger partial charge < -0.3 is 22.3 Å². The molecular formula is C19H27N3O2. The Morgan fingerprint density at radius 2 is 1.33 bits per heavy atom. The van der Waals surface area contributed by atoms with Crippen molar-refractivity contribution in [3.05, 3.63) is 71.8 Å². The van der Waals surface area contributed by atoms with E-state index in [2.05, 4.69) is 24.3 Å². The molecule has 0 spiro atoms. The van der Waals surface area contributed by atoms with E-state index in [4.69, 9.17) is 22.3 Å². The van der Waals surface area contributed by atoms with Crippen LogP contribution in [0, 0.1) is 0 Å². The summed E-state index contributed by atoms with van der Waals surface area (Å²) in [4.78, 5) is 10.1. The summed E-state index contributed by atoms with van der Waals surface area (Å²) < 4.78 is 0. The predicted octanol–water partition coefficient (Wildman–Crippen LogP) is 2.26. The second-order valence-corrected chi connectivity index (χ2v) is 5.53. The summed E-state index contributed by atoms with van der Waals surface area (Å²) in [5.41, 5.74) is 18.8. The zero-order valence-corrected chi connectivity index (χ0v) is 13.8. The largest absolute Gasteiger partial charge is 0.480 e. The summed E-state index contributed by atoms with van der Waals surface area (Å²) in [6.07, 6.45) is 2.16. The van der Waals surface area contributed by atoms with Crippen molar-refractivity contribution in [3.8, 4) is 0 Å². The molecule has 1 unspecified atom stereocenters. The molecule has 7 N–H and O–H groups in total. The number of carboxylic acids is 1. The Bertz CT molecular complexity index is 536. The third kappa shape index (κ3) is 7.37. The second kappa shape index (κ2) is 11.3. The van der Waals surface area contributed by atoms with Crippen LogP contribution in [-0.2, 0) is 4.79 Å². The third-order valence-corrected chi connectivity index (χ3v) is 3.60. The number of benzene rings is 2. The summed E-state index contributed by atoms with van der Waals surface area (Å²) in [7, 11) is 0. The SMILES string of the molecule is NC(c1ccccc1)c1ccccc1.NCCCCC(N)C(=O)O. The summed E-state index contributed by atoms with van der Waals surface area (Å²) in [5, 5.41) is 8.33. The molecule has 5 nitrogen and oxygen atoms in total. The zero-order chi connectivity index (χ0) is 17.8. The summed E-state index contributed by atoms with van der Waals surface area (Å²) >= 11 is 0. The zero-order valence-electron chi connectivity index (χ0n) is 13.8. The van der Waals surface area contributed by atoms with Gasteiger partial charge in [-0.2, -0.15) is 0 Å². The van der Waals surface area contributed by atoms with E-state index in [0.29, 0.717) is 13.0 Å². The van der Waals surface area contributed by atoms with E-state index in [1.54, 1.807) is 0 Å². The molecule has 0 aliphatic carbocycles. The molecule has 2 rings (SSSR count). The molecule has 0 aromatic heterocycles. The number of hydrogen-bond donors (Lipinski definition) is 4. The average Bonchev–Trinajstić information content (AvgIpc) is 2.63. The van der Waals surface area contributed by atoms with Gasteiger partial charge in [-0.25, -0.2) is 0 Å². The molecule has 2 aromatic carbocycles. The molecule has 2 aromatic rings. The molecule has 0 aliphatic rings. The lowest BCUT2D eigenvalue weighted by Crippen LogP contribution is -2.29. The molecule has 0 aliphatic heterocycles. The maximum absolute atomic E-state index is 10.1. The first-order chi connectivity index (χ1) is 11.6. The fourth-order valence-corrected chi connectivity index (χ4v) is 2.15. The van der Waals surface area contributed by atoms with Crippen molar-refractivity contribution in [2.75, 3.05) is 6.54 Å². The van der Waals surface area contributed by atoms with Gasteiger partial charge in [-0.3, -0.25) is 4.79 Å². The highest BCUT2D eigenvalue weighted by molar-refractivity contribution is 5.72. The van der Waals surface area contributed by atoms with E-state index in [-0.39, 0.29) is 6.04 Å². The number of carboxylic acid groups (broad SMARTS) is 1. The smallest absolute Gasteiger partial charge is 0.320 e. The van der Waals surface area contributed by atoms with Crippen molar-refractivity contribution < 1.29 is 9.90 Å². The lowest BCUT2D eigenvalue weighted by atomic mass is 10.00. The van der Waals surface area contributed by atoms with Gasteiger partial charge >= 0.3 is 5.97 Å². The fourth-order valence-electron chi connectivity index (χ4n) is 2.15. The van der Waals surface area contributed by atoms with Crippen LogP contribution in [0.4, 0.5) is 0 Å². The van der Waals surface area contributed by atoms with Crippen LogP contribution in [0.2, 0.25) is 0 Å². The Kier molecular flexibility index (Phi) is 9.38. The third-order valence-electron chi connectivity index (χ3n) is 3.60. The standard InChI is InChI=1S/C13H13N.C6H14N2O2/c14-13(11-7-3-1-4-8-11)12-9-5-2-6-10-12;7-4-2-1-3-5(8)6(9)10/h1-10,13H,14H2;5H,1-4,7-8H2,(H,9,10). The van der Waals surface area contributed by atoms with E-state index >= 15 is 0 Å². The van der Waals surface area contributed by atoms with Gasteiger partial charge in [0, 0.05) is 0 Å². The van der Waals surface area contributed by atoms with Crippen molar-refractivity contribution in [3.63, 3.8) is 0 Å². The molecule has 1 atom stereocenters. The molecule has 130 valence electrons. The number of carbonyl (C=O) groups is 1. The lowest BCUT2D eigenvalue weighted by Gasteiger charge is -2.11. The van der Waals surface area contributed by atoms with Crippen LogP contribution in [0.25, 0.3) is 0 Å². The van der Waals surface area contributed by atoms with Crippen molar-refractivity contribution in [1.82, 2.24) is 0 Å². The van der Waals surface area contributed by atoms with Gasteiger partial charge in [0.25, 0.3) is 0 Å². The van der Waals surface area contributed by atoms with Crippen LogP contribution in [-0.4, -0.2) is 23.7 Å². The minimum atomic E-state index is -0.933. The van der Waals surface area contributed by atoms with E-state index in [0.717, 1.165) is 24.0 Å². The normalized spacial score (nSPS) is 11.5. The first-order valence-electron chi connectivity index (χ1n) is 8.10. The number of aliphatic carboxylic acids is 1. The van der Waals surface area contributed by atoms with Crippen molar-refractivity contribution in [2.45, 2.75) is 31.3 Å². The van der Waals surface area contributed by atoms with Gasteiger partial charge in [0.2, 0.25) is 0 Å². The van der Waals surface area contributed by atoms with Crippen LogP contribution in [0.3, 0.4) is 0 Å². The average molecular weight is 329 g/mol. The number of hydrogen-bond acceptors (Lipinski definition) is 4. The minimum Gasteiger partial charge on any atom is -0.480 e. The maximum Gasteiger partial charge on any atom is 0.320 e. The number of unbranched alkanes of at least 4 members (excludes halogenated alkanes) is 1. The highest BCUT2D eigenvalue weighted by Gasteiger charge is 2.09. The molecule has 5 heteroatoms. The van der Waals surface area contributed by atoms with Crippen molar-refractivity contribution in [1.29, 1.82) is 0 Å². The van der Waals surface area contributed by atoms with Gasteiger partial charge in [0.1, 0.15) is 6.04 Å². The fraction of sp³-hybridized carbons (Fsp3) is 0.316. The van der Waals surface area contributed by atoms with E-state index in [1.165, 1.54) is 0 Å². The number of rotatable bonds is 7. The highest BCUT2D eigenvalue weighted by atomic mass is 16.4. The molecule has 0 amide bonds. The number of nitrogens with two attached hydrogens (primary N) is 3. The molecular weight excluding hydrogens is 302 g/mol. The van der Waals surface area contributed by atoms with Crippen LogP contribution in [0.1, 0.15) is 36.4 Å². The molecule has 0 bridgehead atoms. The van der Waals surface area contributed by atoms with Gasteiger partial charge in [-0.15, -0.1) is 0 Å². The monoisotopic (exact) mass is 329 g/mol. The van der Waals surface area contributed by atoms with E-state index in [1.807, 2.05) is 36.4 Å². The van der Waals surface area contributed by atoms with Gasteiger partial charge in [-0.05, 0) is 30.5 Å². The Hall–Kier alpha value is -2.21. The molecule has 0 radical (unpaired) electrons. The van der Waals surface area contributed by atoms with Gasteiger partial charge in [0.15, 0.2) is 0 Å². The lowest BCUT2D eigenvalue weighted by molar-refractivity contribution is -0.138. The first-order valence-corrected chi connectivity index (χ1v) is 8.10. The van der Waals surface area contributed by atoms with Crippen LogP contribution < -0.4 is 17.2 Å². The first kappa shape index (κ1) is 19.8. The van der Waals surface area contributed by atoms with Crippen molar-refractivity contribution >= 4 is 5.97 Å².